The summed E-state index contributed by atoms with van der Waals surface area (Å²) in [5, 5.41) is 13.9. The molecule has 1 aromatic carbocycles. The highest BCUT2D eigenvalue weighted by Crippen LogP contribution is 2.64. The molecule has 0 saturated heterocycles. The molecule has 4 nitrogen and oxygen atoms in total. The van der Waals surface area contributed by atoms with Crippen LogP contribution in [0.5, 0.6) is 0 Å². The molecule has 4 heteroatoms. The van der Waals surface area contributed by atoms with Crippen molar-refractivity contribution in [2.45, 2.75) is 19.8 Å². The first-order valence-electron chi connectivity index (χ1n) is 5.87. The number of rotatable bonds is 4. The van der Waals surface area contributed by atoms with E-state index < -0.39 is 0 Å². The highest BCUT2D eigenvalue weighted by Gasteiger charge is 2.57. The molecule has 17 heavy (non-hydrogen) atoms. The second-order valence-corrected chi connectivity index (χ2v) is 5.32. The smallest absolute Gasteiger partial charge is 0.269 e. The van der Waals surface area contributed by atoms with Gasteiger partial charge in [0, 0.05) is 12.1 Å². The van der Waals surface area contributed by atoms with Crippen molar-refractivity contribution < 1.29 is 4.92 Å². The normalized spacial score (nSPS) is 25.6. The van der Waals surface area contributed by atoms with Gasteiger partial charge in [-0.1, -0.05) is 26.0 Å². The Kier molecular flexibility index (Phi) is 2.91. The molecule has 0 aromatic heterocycles. The Hall–Kier alpha value is -1.42. The third-order valence-corrected chi connectivity index (χ3v) is 3.91. The van der Waals surface area contributed by atoms with E-state index in [0.29, 0.717) is 11.8 Å². The number of nitrogens with one attached hydrogen (secondary N) is 1. The third kappa shape index (κ3) is 2.05. The lowest BCUT2D eigenvalue weighted by atomic mass is 10.0. The van der Waals surface area contributed by atoms with Gasteiger partial charge in [-0.15, -0.1) is 0 Å². The minimum absolute atomic E-state index is 0.188. The number of nitro benzene ring substituents is 1. The summed E-state index contributed by atoms with van der Waals surface area (Å²) in [6, 6.07) is 7.03. The Balaban J connectivity index is 2.24. The lowest BCUT2D eigenvalue weighted by molar-refractivity contribution is -0.384. The second kappa shape index (κ2) is 4.11. The first-order valence-corrected chi connectivity index (χ1v) is 5.87. The summed E-state index contributed by atoms with van der Waals surface area (Å²) in [7, 11) is 1.94. The lowest BCUT2D eigenvalue weighted by Gasteiger charge is -2.02. The fraction of sp³-hybridized carbons (Fsp3) is 0.538. The third-order valence-electron chi connectivity index (χ3n) is 3.91. The zero-order valence-corrected chi connectivity index (χ0v) is 10.4. The van der Waals surface area contributed by atoms with Crippen LogP contribution in [-0.4, -0.2) is 18.5 Å². The van der Waals surface area contributed by atoms with E-state index in [-0.39, 0.29) is 16.0 Å². The first kappa shape index (κ1) is 12.0. The van der Waals surface area contributed by atoms with Crippen LogP contribution in [0.3, 0.4) is 0 Å². The van der Waals surface area contributed by atoms with Crippen molar-refractivity contribution in [3.05, 3.63) is 39.9 Å². The minimum Gasteiger partial charge on any atom is -0.319 e. The topological polar surface area (TPSA) is 55.2 Å². The van der Waals surface area contributed by atoms with Gasteiger partial charge in [-0.25, -0.2) is 0 Å². The summed E-state index contributed by atoms with van der Waals surface area (Å²) < 4.78 is 0. The summed E-state index contributed by atoms with van der Waals surface area (Å²) in [6.45, 7) is 5.40. The number of hydrogen-bond acceptors (Lipinski definition) is 3. The molecule has 92 valence electrons. The molecule has 0 aliphatic heterocycles. The van der Waals surface area contributed by atoms with Crippen molar-refractivity contribution in [3.63, 3.8) is 0 Å². The van der Waals surface area contributed by atoms with Gasteiger partial charge < -0.3 is 5.32 Å². The Labute approximate surface area is 101 Å². The zero-order chi connectivity index (χ0) is 12.6. The van der Waals surface area contributed by atoms with Crippen LogP contribution < -0.4 is 5.32 Å². The summed E-state index contributed by atoms with van der Waals surface area (Å²) in [5.74, 6) is 0.990. The van der Waals surface area contributed by atoms with Crippen LogP contribution in [-0.2, 0) is 0 Å². The number of benzene rings is 1. The molecule has 2 rings (SSSR count). The van der Waals surface area contributed by atoms with Crippen LogP contribution in [0, 0.1) is 21.4 Å². The fourth-order valence-corrected chi connectivity index (χ4v) is 2.84. The molecule has 0 amide bonds. The summed E-state index contributed by atoms with van der Waals surface area (Å²) in [4.78, 5) is 10.4. The maximum atomic E-state index is 10.8. The highest BCUT2D eigenvalue weighted by molar-refractivity contribution is 5.40. The first-order chi connectivity index (χ1) is 7.98. The quantitative estimate of drug-likeness (QED) is 0.643. The van der Waals surface area contributed by atoms with Gasteiger partial charge in [0.15, 0.2) is 0 Å². The van der Waals surface area contributed by atoms with Crippen molar-refractivity contribution in [1.82, 2.24) is 5.32 Å². The molecule has 0 heterocycles. The van der Waals surface area contributed by atoms with Gasteiger partial charge in [-0.3, -0.25) is 10.1 Å². The zero-order valence-electron chi connectivity index (χ0n) is 10.4. The molecular formula is C13H18N2O2. The number of nitro groups is 1. The molecule has 1 saturated carbocycles. The standard InChI is InChI=1S/C13H18N2O2/c1-13(2)11(8-14-3)12(13)9-5-4-6-10(7-9)15(16)17/h4-7,11-12,14H,8H2,1-3H3. The molecule has 0 spiro atoms. The van der Waals surface area contributed by atoms with Gasteiger partial charge in [0.1, 0.15) is 0 Å². The van der Waals surface area contributed by atoms with Gasteiger partial charge in [0.05, 0.1) is 4.92 Å². The summed E-state index contributed by atoms with van der Waals surface area (Å²) in [5.41, 5.74) is 1.51. The van der Waals surface area contributed by atoms with Crippen molar-refractivity contribution in [2.75, 3.05) is 13.6 Å². The average Bonchev–Trinajstić information content (AvgIpc) is 2.81. The molecule has 1 fully saturated rings. The Morgan fingerprint density at radius 1 is 1.47 bits per heavy atom. The molecule has 1 aliphatic rings. The van der Waals surface area contributed by atoms with E-state index in [1.54, 1.807) is 18.2 Å². The van der Waals surface area contributed by atoms with Gasteiger partial charge >= 0.3 is 0 Å². The predicted octanol–water partition coefficient (Wildman–Crippen LogP) is 2.55. The van der Waals surface area contributed by atoms with E-state index in [4.69, 9.17) is 0 Å². The number of nitrogens with zero attached hydrogens (tertiary/aromatic N) is 1. The average molecular weight is 234 g/mol. The SMILES string of the molecule is CNCC1C(c2cccc([N+](=O)[O-])c2)C1(C)C. The van der Waals surface area contributed by atoms with Crippen molar-refractivity contribution in [2.24, 2.45) is 11.3 Å². The molecular weight excluding hydrogens is 216 g/mol. The van der Waals surface area contributed by atoms with Gasteiger partial charge in [0.2, 0.25) is 0 Å². The van der Waals surface area contributed by atoms with Gasteiger partial charge in [-0.05, 0) is 36.4 Å². The van der Waals surface area contributed by atoms with Crippen molar-refractivity contribution >= 4 is 5.69 Å². The molecule has 1 aliphatic carbocycles. The van der Waals surface area contributed by atoms with Crippen molar-refractivity contribution in [3.8, 4) is 0 Å². The number of non-ortho nitro benzene ring substituents is 1. The van der Waals surface area contributed by atoms with Crippen LogP contribution in [0.4, 0.5) is 5.69 Å². The van der Waals surface area contributed by atoms with E-state index in [0.717, 1.165) is 12.1 Å². The van der Waals surface area contributed by atoms with E-state index >= 15 is 0 Å². The van der Waals surface area contributed by atoms with E-state index in [1.807, 2.05) is 13.1 Å². The second-order valence-electron chi connectivity index (χ2n) is 5.32. The molecule has 0 bridgehead atoms. The minimum atomic E-state index is -0.327. The van der Waals surface area contributed by atoms with Crippen molar-refractivity contribution in [1.29, 1.82) is 0 Å². The van der Waals surface area contributed by atoms with Crippen LogP contribution >= 0.6 is 0 Å². The largest absolute Gasteiger partial charge is 0.319 e. The van der Waals surface area contributed by atoms with E-state index in [2.05, 4.69) is 19.2 Å². The van der Waals surface area contributed by atoms with Crippen LogP contribution in [0.1, 0.15) is 25.3 Å². The van der Waals surface area contributed by atoms with Crippen LogP contribution in [0.2, 0.25) is 0 Å². The van der Waals surface area contributed by atoms with E-state index in [9.17, 15) is 10.1 Å². The fourth-order valence-electron chi connectivity index (χ4n) is 2.84. The summed E-state index contributed by atoms with van der Waals surface area (Å²) >= 11 is 0. The molecule has 0 radical (unpaired) electrons. The highest BCUT2D eigenvalue weighted by atomic mass is 16.6. The number of hydrogen-bond donors (Lipinski definition) is 1. The monoisotopic (exact) mass is 234 g/mol. The lowest BCUT2D eigenvalue weighted by Crippen LogP contribution is -2.12. The molecule has 2 atom stereocenters. The van der Waals surface area contributed by atoms with Crippen LogP contribution in [0.15, 0.2) is 24.3 Å². The molecule has 1 aromatic rings. The molecule has 2 unspecified atom stereocenters. The Bertz CT molecular complexity index is 443. The molecule has 1 N–H and O–H groups in total. The van der Waals surface area contributed by atoms with Gasteiger partial charge in [0.25, 0.3) is 5.69 Å². The Morgan fingerprint density at radius 3 is 2.76 bits per heavy atom. The van der Waals surface area contributed by atoms with Gasteiger partial charge in [-0.2, -0.15) is 0 Å². The maximum Gasteiger partial charge on any atom is 0.269 e. The van der Waals surface area contributed by atoms with E-state index in [1.165, 1.54) is 0 Å². The summed E-state index contributed by atoms with van der Waals surface area (Å²) in [6.07, 6.45) is 0. The maximum absolute atomic E-state index is 10.8. The predicted molar refractivity (Wildman–Crippen MR) is 67.0 cm³/mol. The Morgan fingerprint density at radius 2 is 2.18 bits per heavy atom. The van der Waals surface area contributed by atoms with Crippen LogP contribution in [0.25, 0.3) is 0 Å².